The molecule has 0 bridgehead atoms. The lowest BCUT2D eigenvalue weighted by molar-refractivity contribution is 0.0916. The summed E-state index contributed by atoms with van der Waals surface area (Å²) in [5.74, 6) is 0. The standard InChI is InChI=1S/C13H18N2O3S2/c1-18-12-4-2-3-11(12)15-20(16,17)10-7-5-9(6-8-10)13(14)19/h5-8,11-12,15H,2-4H2,1H3,(H2,14,19). The number of benzene rings is 1. The summed E-state index contributed by atoms with van der Waals surface area (Å²) in [5.41, 5.74) is 6.14. The van der Waals surface area contributed by atoms with E-state index >= 15 is 0 Å². The molecule has 1 saturated carbocycles. The van der Waals surface area contributed by atoms with Crippen LogP contribution in [-0.4, -0.2) is 32.7 Å². The third-order valence-electron chi connectivity index (χ3n) is 3.51. The van der Waals surface area contributed by atoms with Crippen LogP contribution in [0.15, 0.2) is 29.2 Å². The van der Waals surface area contributed by atoms with Gasteiger partial charge in [-0.05, 0) is 31.4 Å². The summed E-state index contributed by atoms with van der Waals surface area (Å²) in [6.45, 7) is 0. The topological polar surface area (TPSA) is 81.4 Å². The predicted molar refractivity (Wildman–Crippen MR) is 81.1 cm³/mol. The molecule has 2 unspecified atom stereocenters. The van der Waals surface area contributed by atoms with Crippen LogP contribution in [0.25, 0.3) is 0 Å². The number of ether oxygens (including phenoxy) is 1. The van der Waals surface area contributed by atoms with Crippen molar-refractivity contribution in [3.05, 3.63) is 29.8 Å². The Morgan fingerprint density at radius 3 is 2.55 bits per heavy atom. The molecule has 0 heterocycles. The highest BCUT2D eigenvalue weighted by molar-refractivity contribution is 7.89. The molecule has 2 atom stereocenters. The molecular weight excluding hydrogens is 296 g/mol. The molecule has 0 spiro atoms. The van der Waals surface area contributed by atoms with Crippen molar-refractivity contribution in [3.63, 3.8) is 0 Å². The molecule has 0 saturated heterocycles. The number of thiocarbonyl (C=S) groups is 1. The predicted octanol–water partition coefficient (Wildman–Crippen LogP) is 1.17. The normalized spacial score (nSPS) is 22.9. The van der Waals surface area contributed by atoms with Gasteiger partial charge < -0.3 is 10.5 Å². The molecule has 1 fully saturated rings. The molecule has 2 rings (SSSR count). The van der Waals surface area contributed by atoms with Gasteiger partial charge in [0, 0.05) is 18.7 Å². The van der Waals surface area contributed by atoms with Crippen LogP contribution >= 0.6 is 12.2 Å². The zero-order valence-corrected chi connectivity index (χ0v) is 12.8. The minimum Gasteiger partial charge on any atom is -0.389 e. The lowest BCUT2D eigenvalue weighted by atomic mass is 10.2. The second-order valence-corrected chi connectivity index (χ2v) is 6.98. The Morgan fingerprint density at radius 1 is 1.35 bits per heavy atom. The van der Waals surface area contributed by atoms with E-state index < -0.39 is 10.0 Å². The van der Waals surface area contributed by atoms with Crippen molar-refractivity contribution >= 4 is 27.2 Å². The summed E-state index contributed by atoms with van der Waals surface area (Å²) in [5, 5.41) is 0. The molecule has 0 aromatic heterocycles. The van der Waals surface area contributed by atoms with Crippen LogP contribution in [0.3, 0.4) is 0 Å². The van der Waals surface area contributed by atoms with E-state index in [-0.39, 0.29) is 22.0 Å². The first-order chi connectivity index (χ1) is 9.44. The van der Waals surface area contributed by atoms with E-state index in [0.29, 0.717) is 5.56 Å². The van der Waals surface area contributed by atoms with Crippen LogP contribution in [0, 0.1) is 0 Å². The van der Waals surface area contributed by atoms with Gasteiger partial charge in [-0.15, -0.1) is 0 Å². The summed E-state index contributed by atoms with van der Waals surface area (Å²) in [6, 6.07) is 6.07. The minimum atomic E-state index is -3.54. The van der Waals surface area contributed by atoms with Gasteiger partial charge in [-0.2, -0.15) is 0 Å². The largest absolute Gasteiger partial charge is 0.389 e. The quantitative estimate of drug-likeness (QED) is 0.797. The van der Waals surface area contributed by atoms with E-state index in [9.17, 15) is 8.42 Å². The van der Waals surface area contributed by atoms with Gasteiger partial charge in [0.15, 0.2) is 0 Å². The summed E-state index contributed by atoms with van der Waals surface area (Å²) >= 11 is 4.84. The van der Waals surface area contributed by atoms with Crippen molar-refractivity contribution in [1.29, 1.82) is 0 Å². The molecule has 1 aliphatic carbocycles. The smallest absolute Gasteiger partial charge is 0.240 e. The summed E-state index contributed by atoms with van der Waals surface area (Å²) in [7, 11) is -1.94. The van der Waals surface area contributed by atoms with Gasteiger partial charge in [0.25, 0.3) is 0 Å². The van der Waals surface area contributed by atoms with E-state index in [1.54, 1.807) is 19.2 Å². The van der Waals surface area contributed by atoms with Gasteiger partial charge >= 0.3 is 0 Å². The number of sulfonamides is 1. The molecule has 0 aliphatic heterocycles. The fraction of sp³-hybridized carbons (Fsp3) is 0.462. The van der Waals surface area contributed by atoms with Gasteiger partial charge in [0.1, 0.15) is 4.99 Å². The Labute approximate surface area is 124 Å². The lowest BCUT2D eigenvalue weighted by Crippen LogP contribution is -2.40. The van der Waals surface area contributed by atoms with Crippen molar-refractivity contribution in [2.24, 2.45) is 5.73 Å². The molecular formula is C13H18N2O3S2. The number of rotatable bonds is 5. The van der Waals surface area contributed by atoms with Crippen molar-refractivity contribution in [2.75, 3.05) is 7.11 Å². The number of nitrogens with one attached hydrogen (secondary N) is 1. The first-order valence-electron chi connectivity index (χ1n) is 6.39. The van der Waals surface area contributed by atoms with E-state index in [4.69, 9.17) is 22.7 Å². The maximum absolute atomic E-state index is 12.3. The Hall–Kier alpha value is -1.02. The lowest BCUT2D eigenvalue weighted by Gasteiger charge is -2.19. The van der Waals surface area contributed by atoms with Crippen molar-refractivity contribution in [1.82, 2.24) is 4.72 Å². The maximum atomic E-state index is 12.3. The molecule has 20 heavy (non-hydrogen) atoms. The third-order valence-corrected chi connectivity index (χ3v) is 5.25. The van der Waals surface area contributed by atoms with Crippen LogP contribution in [0.5, 0.6) is 0 Å². The fourth-order valence-electron chi connectivity index (χ4n) is 2.41. The second kappa shape index (κ2) is 6.17. The van der Waals surface area contributed by atoms with Crippen molar-refractivity contribution in [3.8, 4) is 0 Å². The van der Waals surface area contributed by atoms with Crippen molar-refractivity contribution < 1.29 is 13.2 Å². The first-order valence-corrected chi connectivity index (χ1v) is 8.28. The van der Waals surface area contributed by atoms with E-state index in [1.807, 2.05) is 0 Å². The SMILES string of the molecule is COC1CCCC1NS(=O)(=O)c1ccc(C(N)=S)cc1. The number of methoxy groups -OCH3 is 1. The maximum Gasteiger partial charge on any atom is 0.240 e. The van der Waals surface area contributed by atoms with Gasteiger partial charge in [0.05, 0.1) is 11.0 Å². The second-order valence-electron chi connectivity index (χ2n) is 4.82. The molecule has 1 aliphatic rings. The van der Waals surface area contributed by atoms with E-state index in [0.717, 1.165) is 19.3 Å². The molecule has 0 amide bonds. The first kappa shape index (κ1) is 15.4. The highest BCUT2D eigenvalue weighted by Crippen LogP contribution is 2.23. The summed E-state index contributed by atoms with van der Waals surface area (Å²) in [4.78, 5) is 0.455. The van der Waals surface area contributed by atoms with Crippen LogP contribution in [-0.2, 0) is 14.8 Å². The fourth-order valence-corrected chi connectivity index (χ4v) is 3.84. The number of nitrogens with two attached hydrogens (primary N) is 1. The van der Waals surface area contributed by atoms with Gasteiger partial charge in [0.2, 0.25) is 10.0 Å². The number of hydrogen-bond donors (Lipinski definition) is 2. The average molecular weight is 314 g/mol. The molecule has 0 radical (unpaired) electrons. The summed E-state index contributed by atoms with van der Waals surface area (Å²) < 4.78 is 32.6. The van der Waals surface area contributed by atoms with Gasteiger partial charge in [-0.25, -0.2) is 13.1 Å². The molecule has 110 valence electrons. The minimum absolute atomic E-state index is 0.0549. The van der Waals surface area contributed by atoms with Crippen molar-refractivity contribution in [2.45, 2.75) is 36.3 Å². The van der Waals surface area contributed by atoms with Crippen LogP contribution < -0.4 is 10.5 Å². The number of hydrogen-bond acceptors (Lipinski definition) is 4. The Morgan fingerprint density at radius 2 is 2.00 bits per heavy atom. The average Bonchev–Trinajstić information content (AvgIpc) is 2.85. The van der Waals surface area contributed by atoms with Crippen LogP contribution in [0.4, 0.5) is 0 Å². The Bertz CT molecular complexity index is 584. The molecule has 7 heteroatoms. The zero-order valence-electron chi connectivity index (χ0n) is 11.2. The van der Waals surface area contributed by atoms with Crippen LogP contribution in [0.2, 0.25) is 0 Å². The Balaban J connectivity index is 2.15. The molecule has 3 N–H and O–H groups in total. The summed E-state index contributed by atoms with van der Waals surface area (Å²) in [6.07, 6.45) is 2.58. The van der Waals surface area contributed by atoms with E-state index in [1.165, 1.54) is 12.1 Å². The molecule has 1 aromatic rings. The molecule has 1 aromatic carbocycles. The third kappa shape index (κ3) is 3.35. The highest BCUT2D eigenvalue weighted by Gasteiger charge is 2.31. The van der Waals surface area contributed by atoms with Gasteiger partial charge in [-0.1, -0.05) is 24.4 Å². The Kier molecular flexibility index (Phi) is 4.74. The zero-order chi connectivity index (χ0) is 14.8. The molecule has 5 nitrogen and oxygen atoms in total. The monoisotopic (exact) mass is 314 g/mol. The van der Waals surface area contributed by atoms with Crippen LogP contribution in [0.1, 0.15) is 24.8 Å². The van der Waals surface area contributed by atoms with Gasteiger partial charge in [-0.3, -0.25) is 0 Å². The van der Waals surface area contributed by atoms with E-state index in [2.05, 4.69) is 4.72 Å². The highest BCUT2D eigenvalue weighted by atomic mass is 32.2.